The minimum Gasteiger partial charge on any atom is -0.437 e. The van der Waals surface area contributed by atoms with Crippen molar-refractivity contribution in [3.8, 4) is 22.6 Å². The summed E-state index contributed by atoms with van der Waals surface area (Å²) < 4.78 is 13.2. The molecule has 0 bridgehead atoms. The summed E-state index contributed by atoms with van der Waals surface area (Å²) in [5.41, 5.74) is 9.73. The van der Waals surface area contributed by atoms with Crippen molar-refractivity contribution in [1.82, 2.24) is 0 Å². The minimum absolute atomic E-state index is 0.0732. The van der Waals surface area contributed by atoms with Gasteiger partial charge in [0.25, 0.3) is 0 Å². The Morgan fingerprint density at radius 2 is 1.71 bits per heavy atom. The van der Waals surface area contributed by atoms with Crippen molar-refractivity contribution in [2.75, 3.05) is 0 Å². The molecule has 0 spiro atoms. The summed E-state index contributed by atoms with van der Waals surface area (Å²) >= 11 is 0. The second-order valence-corrected chi connectivity index (χ2v) is 9.86. The number of fused-ring (bicyclic) bond motifs is 2. The van der Waals surface area contributed by atoms with E-state index in [-0.39, 0.29) is 5.78 Å². The number of hydrogen-bond acceptors (Lipinski definition) is 3. The second kappa shape index (κ2) is 7.98. The van der Waals surface area contributed by atoms with E-state index in [0.29, 0.717) is 0 Å². The number of hydrogen-bond donors (Lipinski definition) is 0. The second-order valence-electron chi connectivity index (χ2n) is 8.44. The van der Waals surface area contributed by atoms with E-state index in [2.05, 4.69) is 76.2 Å². The molecule has 2 atom stereocenters. The van der Waals surface area contributed by atoms with Crippen LogP contribution >= 0.6 is 8.38 Å². The van der Waals surface area contributed by atoms with E-state index in [9.17, 15) is 0 Å². The lowest BCUT2D eigenvalue weighted by Crippen LogP contribution is -2.10. The van der Waals surface area contributed by atoms with Crippen molar-refractivity contribution in [3.63, 3.8) is 0 Å². The van der Waals surface area contributed by atoms with Gasteiger partial charge in [-0.15, -0.1) is 0 Å². The van der Waals surface area contributed by atoms with Crippen LogP contribution in [0.15, 0.2) is 71.2 Å². The van der Waals surface area contributed by atoms with E-state index in [1.165, 1.54) is 33.4 Å². The van der Waals surface area contributed by atoms with E-state index in [1.54, 1.807) is 0 Å². The van der Waals surface area contributed by atoms with E-state index < -0.39 is 8.38 Å². The van der Waals surface area contributed by atoms with Gasteiger partial charge in [-0.3, -0.25) is 4.99 Å². The minimum atomic E-state index is -1.31. The lowest BCUT2D eigenvalue weighted by atomic mass is 9.93. The molecule has 3 nitrogen and oxygen atoms in total. The van der Waals surface area contributed by atoms with Gasteiger partial charge in [-0.2, -0.15) is 0 Å². The Kier molecular flexibility index (Phi) is 5.16. The number of nitrogens with zero attached hydrogens (tertiary/aromatic N) is 1. The average Bonchev–Trinajstić information content (AvgIpc) is 3.12. The lowest BCUT2D eigenvalue weighted by Gasteiger charge is -2.24. The molecular formula is C27H26NO2P. The van der Waals surface area contributed by atoms with Gasteiger partial charge in [0, 0.05) is 18.2 Å². The molecule has 0 aromatic heterocycles. The fourth-order valence-electron chi connectivity index (χ4n) is 4.53. The summed E-state index contributed by atoms with van der Waals surface area (Å²) in [6.07, 6.45) is 4.85. The van der Waals surface area contributed by atoms with Crippen molar-refractivity contribution >= 4 is 14.6 Å². The first-order valence-electron chi connectivity index (χ1n) is 10.6. The topological polar surface area (TPSA) is 30.8 Å². The van der Waals surface area contributed by atoms with Crippen LogP contribution in [-0.2, 0) is 6.42 Å². The van der Waals surface area contributed by atoms with Crippen LogP contribution < -0.4 is 9.05 Å². The van der Waals surface area contributed by atoms with Gasteiger partial charge in [-0.1, -0.05) is 48.0 Å². The van der Waals surface area contributed by atoms with Crippen LogP contribution in [0.25, 0.3) is 11.1 Å². The maximum Gasteiger partial charge on any atom is 0.321 e. The number of aryl methyl sites for hydroxylation is 4. The Bertz CT molecular complexity index is 1200. The molecule has 156 valence electrons. The largest absolute Gasteiger partial charge is 0.437 e. The van der Waals surface area contributed by atoms with Crippen molar-refractivity contribution in [2.24, 2.45) is 4.99 Å². The Hall–Kier alpha value is -2.90. The highest BCUT2D eigenvalue weighted by molar-refractivity contribution is 7.49. The van der Waals surface area contributed by atoms with Gasteiger partial charge in [0.2, 0.25) is 0 Å². The van der Waals surface area contributed by atoms with E-state index >= 15 is 0 Å². The molecule has 2 aliphatic heterocycles. The van der Waals surface area contributed by atoms with Crippen molar-refractivity contribution in [1.29, 1.82) is 0 Å². The van der Waals surface area contributed by atoms with Crippen molar-refractivity contribution in [2.45, 2.75) is 39.9 Å². The molecule has 2 heterocycles. The Morgan fingerprint density at radius 3 is 2.52 bits per heavy atom. The Labute approximate surface area is 185 Å². The number of aliphatic imine (C=N–C) groups is 1. The fourth-order valence-corrected chi connectivity index (χ4v) is 6.12. The quantitative estimate of drug-likeness (QED) is 0.412. The van der Waals surface area contributed by atoms with Crippen LogP contribution in [0.2, 0.25) is 0 Å². The van der Waals surface area contributed by atoms with Crippen LogP contribution in [-0.4, -0.2) is 12.0 Å². The van der Waals surface area contributed by atoms with Gasteiger partial charge in [0.1, 0.15) is 11.5 Å². The molecule has 4 heteroatoms. The molecule has 0 saturated heterocycles. The van der Waals surface area contributed by atoms with Crippen LogP contribution in [0.3, 0.4) is 0 Å². The Morgan fingerprint density at radius 1 is 0.935 bits per heavy atom. The molecule has 0 saturated carbocycles. The molecule has 0 radical (unpaired) electrons. The van der Waals surface area contributed by atoms with Gasteiger partial charge in [-0.25, -0.2) is 0 Å². The predicted molar refractivity (Wildman–Crippen MR) is 130 cm³/mol. The number of benzene rings is 3. The van der Waals surface area contributed by atoms with E-state index in [1.807, 2.05) is 18.3 Å². The molecular weight excluding hydrogens is 401 g/mol. The summed E-state index contributed by atoms with van der Waals surface area (Å²) in [7, 11) is -1.31. The number of para-hydroxylation sites is 1. The maximum absolute atomic E-state index is 6.70. The highest BCUT2D eigenvalue weighted by Crippen LogP contribution is 2.54. The molecule has 3 aromatic carbocycles. The summed E-state index contributed by atoms with van der Waals surface area (Å²) in [4.78, 5) is 4.71. The standard InChI is InChI=1S/C27H26NO2P/c1-17-9-10-23(26-19(3)13-18(2)14-20(26)4)25(15-17)30-31-27-22(11-12-28-27)16-21-7-5-6-8-24(21)29-31/h5-15,27H,16H2,1-4H3. The molecule has 0 fully saturated rings. The van der Waals surface area contributed by atoms with Gasteiger partial charge >= 0.3 is 8.38 Å². The molecule has 2 aliphatic rings. The maximum atomic E-state index is 6.70. The number of allylic oxidation sites excluding steroid dienone is 1. The van der Waals surface area contributed by atoms with Gasteiger partial charge in [-0.05, 0) is 79.3 Å². The lowest BCUT2D eigenvalue weighted by molar-refractivity contribution is 0.484. The highest BCUT2D eigenvalue weighted by Gasteiger charge is 2.36. The third-order valence-electron chi connectivity index (χ3n) is 5.87. The predicted octanol–water partition coefficient (Wildman–Crippen LogP) is 7.25. The van der Waals surface area contributed by atoms with Crippen LogP contribution in [0.1, 0.15) is 27.8 Å². The summed E-state index contributed by atoms with van der Waals surface area (Å²) in [6.45, 7) is 8.58. The fraction of sp³-hybridized carbons (Fsp3) is 0.222. The molecule has 0 aliphatic carbocycles. The Balaban J connectivity index is 1.58. The summed E-state index contributed by atoms with van der Waals surface area (Å²) in [6, 6.07) is 19.1. The van der Waals surface area contributed by atoms with Crippen LogP contribution in [0.4, 0.5) is 0 Å². The average molecular weight is 427 g/mol. The van der Waals surface area contributed by atoms with Crippen LogP contribution in [0.5, 0.6) is 11.5 Å². The normalized spacial score (nSPS) is 19.2. The molecule has 0 amide bonds. The van der Waals surface area contributed by atoms with Gasteiger partial charge in [0.05, 0.1) is 0 Å². The molecule has 2 unspecified atom stereocenters. The van der Waals surface area contributed by atoms with Crippen molar-refractivity contribution < 1.29 is 9.05 Å². The van der Waals surface area contributed by atoms with Crippen molar-refractivity contribution in [3.05, 3.63) is 94.1 Å². The third kappa shape index (κ3) is 3.79. The SMILES string of the molecule is Cc1cc(C)c(-c2ccc(C)cc2OP2Oc3ccccc3CC3=CC=NC32)c(C)c1. The molecule has 31 heavy (non-hydrogen) atoms. The van der Waals surface area contributed by atoms with Gasteiger partial charge in [0.15, 0.2) is 5.78 Å². The smallest absolute Gasteiger partial charge is 0.321 e. The third-order valence-corrected chi connectivity index (χ3v) is 7.49. The zero-order valence-corrected chi connectivity index (χ0v) is 19.2. The van der Waals surface area contributed by atoms with Crippen LogP contribution in [0, 0.1) is 27.7 Å². The first kappa shape index (κ1) is 20.0. The van der Waals surface area contributed by atoms with Gasteiger partial charge < -0.3 is 9.05 Å². The number of rotatable bonds is 3. The molecule has 0 N–H and O–H groups in total. The zero-order valence-electron chi connectivity index (χ0n) is 18.3. The first-order chi connectivity index (χ1) is 15.0. The molecule has 5 rings (SSSR count). The van der Waals surface area contributed by atoms with E-state index in [4.69, 9.17) is 14.0 Å². The first-order valence-corrected chi connectivity index (χ1v) is 11.9. The monoisotopic (exact) mass is 427 g/mol. The van der Waals surface area contributed by atoms with E-state index in [0.717, 1.165) is 29.0 Å². The summed E-state index contributed by atoms with van der Waals surface area (Å²) in [5.74, 6) is 1.69. The summed E-state index contributed by atoms with van der Waals surface area (Å²) in [5, 5.41) is 0. The zero-order chi connectivity index (χ0) is 21.5. The molecule has 3 aromatic rings. The highest BCUT2D eigenvalue weighted by atomic mass is 31.2.